The molecule has 0 N–H and O–H groups in total. The van der Waals surface area contributed by atoms with Crippen LogP contribution >= 0.6 is 11.6 Å². The summed E-state index contributed by atoms with van der Waals surface area (Å²) in [5.74, 6) is -2.59. The Bertz CT molecular complexity index is 584. The van der Waals surface area contributed by atoms with E-state index in [0.717, 1.165) is 11.1 Å². The quantitative estimate of drug-likeness (QED) is 0.582. The highest BCUT2D eigenvalue weighted by Crippen LogP contribution is 2.37. The van der Waals surface area contributed by atoms with Crippen molar-refractivity contribution in [3.05, 3.63) is 17.3 Å². The van der Waals surface area contributed by atoms with Crippen LogP contribution in [0.5, 0.6) is 0 Å². The molecule has 0 aromatic carbocycles. The molecule has 4 heterocycles. The Kier molecular flexibility index (Phi) is 3.19. The largest absolute Gasteiger partial charge is 0.471 e. The predicted octanol–water partition coefficient (Wildman–Crippen LogP) is 1.62. The number of aromatic nitrogens is 2. The number of carbonyl (C=O) groups excluding carboxylic acids is 1. The number of anilines is 1. The Hall–Kier alpha value is -1.64. The third-order valence-corrected chi connectivity index (χ3v) is 3.85. The summed E-state index contributed by atoms with van der Waals surface area (Å²) in [6, 6.07) is -1.18. The van der Waals surface area contributed by atoms with Crippen molar-refractivity contribution in [2.75, 3.05) is 18.0 Å². The summed E-state index contributed by atoms with van der Waals surface area (Å²) >= 11 is 5.59. The van der Waals surface area contributed by atoms with E-state index in [1.165, 1.54) is 4.90 Å². The minimum absolute atomic E-state index is 0.0520. The molecule has 3 aliphatic rings. The van der Waals surface area contributed by atoms with E-state index in [2.05, 4.69) is 9.97 Å². The van der Waals surface area contributed by atoms with Crippen molar-refractivity contribution in [1.82, 2.24) is 14.9 Å². The molecule has 3 aliphatic heterocycles. The zero-order valence-electron chi connectivity index (χ0n) is 10.4. The molecule has 0 saturated carbocycles. The van der Waals surface area contributed by atoms with Gasteiger partial charge in [0.25, 0.3) is 0 Å². The van der Waals surface area contributed by atoms with Gasteiger partial charge in [0.15, 0.2) is 11.6 Å². The third kappa shape index (κ3) is 2.39. The van der Waals surface area contributed by atoms with E-state index in [1.54, 1.807) is 0 Å². The second-order valence-corrected chi connectivity index (χ2v) is 5.31. The molecule has 114 valence electrons. The average molecular weight is 325 g/mol. The van der Waals surface area contributed by atoms with E-state index in [-0.39, 0.29) is 24.2 Å². The minimum atomic E-state index is -4.89. The van der Waals surface area contributed by atoms with E-state index >= 15 is 0 Å². The summed E-state index contributed by atoms with van der Waals surface area (Å²) in [4.78, 5) is 20.8. The zero-order valence-corrected chi connectivity index (χ0v) is 11.2. The van der Waals surface area contributed by atoms with Crippen LogP contribution in [0.15, 0.2) is 6.20 Å². The van der Waals surface area contributed by atoms with Crippen molar-refractivity contribution in [3.63, 3.8) is 0 Å². The highest BCUT2D eigenvalue weighted by Gasteiger charge is 2.55. The lowest BCUT2D eigenvalue weighted by Gasteiger charge is -2.56. The van der Waals surface area contributed by atoms with Crippen LogP contribution < -0.4 is 4.90 Å². The summed E-state index contributed by atoms with van der Waals surface area (Å²) in [5.41, 5.74) is 0. The Morgan fingerprint density at radius 1 is 1.33 bits per heavy atom. The molecule has 10 heteroatoms. The molecule has 1 aromatic rings. The number of hydrogen-bond acceptors (Lipinski definition) is 4. The number of piperazine rings is 1. The first-order chi connectivity index (χ1) is 9.77. The van der Waals surface area contributed by atoms with Crippen LogP contribution in [-0.4, -0.2) is 52.1 Å². The molecule has 2 atom stereocenters. The molecular formula is C11H9ClF4N4O. The maximum atomic E-state index is 13.7. The number of amides is 1. The second kappa shape index (κ2) is 4.69. The minimum Gasteiger partial charge on any atom is -0.350 e. The van der Waals surface area contributed by atoms with Gasteiger partial charge in [-0.25, -0.2) is 9.37 Å². The number of rotatable bonds is 1. The van der Waals surface area contributed by atoms with Gasteiger partial charge in [-0.3, -0.25) is 4.79 Å². The van der Waals surface area contributed by atoms with Crippen LogP contribution in [0.4, 0.5) is 23.4 Å². The molecule has 0 aliphatic carbocycles. The summed E-state index contributed by atoms with van der Waals surface area (Å²) in [6.07, 6.45) is -3.51. The zero-order chi connectivity index (χ0) is 15.4. The van der Waals surface area contributed by atoms with Gasteiger partial charge in [0.1, 0.15) is 0 Å². The molecule has 1 amide bonds. The lowest BCUT2D eigenvalue weighted by Crippen LogP contribution is -2.72. The van der Waals surface area contributed by atoms with Crippen LogP contribution in [0, 0.1) is 5.82 Å². The maximum Gasteiger partial charge on any atom is 0.471 e. The van der Waals surface area contributed by atoms with E-state index in [4.69, 9.17) is 11.6 Å². The first kappa shape index (κ1) is 14.3. The molecule has 2 bridgehead atoms. The monoisotopic (exact) mass is 324 g/mol. The van der Waals surface area contributed by atoms with Gasteiger partial charge in [-0.05, 0) is 18.0 Å². The molecule has 3 saturated heterocycles. The summed E-state index contributed by atoms with van der Waals surface area (Å²) in [7, 11) is 0. The molecule has 4 rings (SSSR count). The molecule has 0 radical (unpaired) electrons. The Morgan fingerprint density at radius 2 is 1.95 bits per heavy atom. The van der Waals surface area contributed by atoms with Crippen molar-refractivity contribution in [2.45, 2.75) is 24.7 Å². The Labute approximate surface area is 121 Å². The van der Waals surface area contributed by atoms with Crippen LogP contribution in [0.2, 0.25) is 5.28 Å². The van der Waals surface area contributed by atoms with Crippen molar-refractivity contribution in [2.24, 2.45) is 0 Å². The number of fused-ring (bicyclic) bond motifs is 2. The number of hydrogen-bond donors (Lipinski definition) is 0. The van der Waals surface area contributed by atoms with Crippen molar-refractivity contribution in [1.29, 1.82) is 0 Å². The molecule has 0 spiro atoms. The van der Waals surface area contributed by atoms with Crippen molar-refractivity contribution in [3.8, 4) is 0 Å². The maximum absolute atomic E-state index is 13.7. The van der Waals surface area contributed by atoms with Gasteiger partial charge >= 0.3 is 12.1 Å². The van der Waals surface area contributed by atoms with E-state index in [0.29, 0.717) is 6.42 Å². The highest BCUT2D eigenvalue weighted by molar-refractivity contribution is 6.28. The molecule has 2 unspecified atom stereocenters. The number of halogens is 5. The van der Waals surface area contributed by atoms with Crippen LogP contribution in [0.3, 0.4) is 0 Å². The fraction of sp³-hybridized carbons (Fsp3) is 0.545. The molecule has 21 heavy (non-hydrogen) atoms. The fourth-order valence-corrected chi connectivity index (χ4v) is 2.95. The summed E-state index contributed by atoms with van der Waals surface area (Å²) < 4.78 is 51.0. The highest BCUT2D eigenvalue weighted by atomic mass is 35.5. The lowest BCUT2D eigenvalue weighted by atomic mass is 9.87. The fourth-order valence-electron chi connectivity index (χ4n) is 2.82. The predicted molar refractivity (Wildman–Crippen MR) is 64.3 cm³/mol. The van der Waals surface area contributed by atoms with Crippen LogP contribution in [0.25, 0.3) is 0 Å². The van der Waals surface area contributed by atoms with Crippen LogP contribution in [-0.2, 0) is 4.79 Å². The van der Waals surface area contributed by atoms with E-state index < -0.39 is 30.0 Å². The van der Waals surface area contributed by atoms with E-state index in [1.807, 2.05) is 0 Å². The van der Waals surface area contributed by atoms with Crippen LogP contribution in [0.1, 0.15) is 6.42 Å². The van der Waals surface area contributed by atoms with E-state index in [9.17, 15) is 22.4 Å². The lowest BCUT2D eigenvalue weighted by molar-refractivity contribution is -0.199. The van der Waals surface area contributed by atoms with Gasteiger partial charge in [0.05, 0.1) is 18.3 Å². The number of alkyl halides is 3. The van der Waals surface area contributed by atoms with Gasteiger partial charge in [-0.15, -0.1) is 0 Å². The number of carbonyl (C=O) groups is 1. The second-order valence-electron chi connectivity index (χ2n) is 4.97. The first-order valence-corrected chi connectivity index (χ1v) is 6.47. The van der Waals surface area contributed by atoms with Gasteiger partial charge in [0, 0.05) is 13.1 Å². The molecular weight excluding hydrogens is 316 g/mol. The standard InChI is InChI=1S/C11H9ClF4N4O/c12-10-17-2-7(13)8(18-10)19-3-5-1-6(4-19)20(5)9(21)11(14,15)16/h2,5-6H,1,3-4H2. The Morgan fingerprint density at radius 3 is 2.52 bits per heavy atom. The normalized spacial score (nSPS) is 24.8. The van der Waals surface area contributed by atoms with Crippen molar-refractivity contribution >= 4 is 23.3 Å². The SMILES string of the molecule is O=C(N1C2CC1CN(c1nc(Cl)ncc1F)C2)C(F)(F)F. The Balaban J connectivity index is 1.77. The number of piperidine rings is 1. The number of nitrogens with zero attached hydrogens (tertiary/aromatic N) is 4. The van der Waals surface area contributed by atoms with Crippen molar-refractivity contribution < 1.29 is 22.4 Å². The van der Waals surface area contributed by atoms with Gasteiger partial charge in [-0.2, -0.15) is 18.2 Å². The first-order valence-electron chi connectivity index (χ1n) is 6.10. The van der Waals surface area contributed by atoms with Gasteiger partial charge in [0.2, 0.25) is 5.28 Å². The molecule has 5 nitrogen and oxygen atoms in total. The summed E-state index contributed by atoms with van der Waals surface area (Å²) in [6.45, 7) is 0.172. The molecule has 1 aromatic heterocycles. The third-order valence-electron chi connectivity index (χ3n) is 3.67. The summed E-state index contributed by atoms with van der Waals surface area (Å²) in [5, 5.41) is -0.145. The molecule has 3 fully saturated rings. The van der Waals surface area contributed by atoms with Gasteiger partial charge in [-0.1, -0.05) is 0 Å². The average Bonchev–Trinajstić information content (AvgIpc) is 2.40. The topological polar surface area (TPSA) is 49.3 Å². The smallest absolute Gasteiger partial charge is 0.350 e. The van der Waals surface area contributed by atoms with Gasteiger partial charge < -0.3 is 9.80 Å².